The third-order valence-corrected chi connectivity index (χ3v) is 1.02. The van der Waals surface area contributed by atoms with Crippen molar-refractivity contribution in [2.45, 2.75) is 0 Å². The highest BCUT2D eigenvalue weighted by Crippen LogP contribution is 1.98. The van der Waals surface area contributed by atoms with E-state index in [-0.39, 0.29) is 5.96 Å². The average molecular weight is 139 g/mol. The number of rotatable bonds is 1. The fraction of sp³-hybridized carbons (Fsp3) is 0.200. The number of anilines is 1. The minimum Gasteiger partial charge on any atom is -0.359 e. The van der Waals surface area contributed by atoms with Crippen LogP contribution in [0.25, 0.3) is 0 Å². The molecule has 0 saturated heterocycles. The van der Waals surface area contributed by atoms with Gasteiger partial charge in [0.25, 0.3) is 0 Å². The Balaban J connectivity index is 2.48. The van der Waals surface area contributed by atoms with Crippen LogP contribution in [0.1, 0.15) is 0 Å². The minimum atomic E-state index is 0.251. The van der Waals surface area contributed by atoms with Crippen LogP contribution in [0.15, 0.2) is 12.4 Å². The molecule has 1 aromatic heterocycles. The molecule has 4 N–H and O–H groups in total. The van der Waals surface area contributed by atoms with Crippen molar-refractivity contribution in [3.05, 3.63) is 12.4 Å². The van der Waals surface area contributed by atoms with E-state index in [0.717, 1.165) is 5.69 Å². The zero-order valence-electron chi connectivity index (χ0n) is 5.60. The minimum absolute atomic E-state index is 0.251. The molecule has 1 aromatic rings. The zero-order chi connectivity index (χ0) is 7.40. The summed E-state index contributed by atoms with van der Waals surface area (Å²) in [4.78, 5) is 0. The Bertz CT molecular complexity index is 202. The monoisotopic (exact) mass is 139 g/mol. The Morgan fingerprint density at radius 3 is 3.10 bits per heavy atom. The Kier molecular flexibility index (Phi) is 1.89. The lowest BCUT2D eigenvalue weighted by atomic mass is 10.6. The first kappa shape index (κ1) is 6.60. The maximum Gasteiger partial charge on any atom is 0.192 e. The van der Waals surface area contributed by atoms with E-state index in [1.807, 2.05) is 0 Å². The zero-order valence-corrected chi connectivity index (χ0v) is 5.60. The van der Waals surface area contributed by atoms with Gasteiger partial charge in [-0.05, 0) is 0 Å². The molecule has 1 rings (SSSR count). The third kappa shape index (κ3) is 1.48. The van der Waals surface area contributed by atoms with E-state index in [0.29, 0.717) is 0 Å². The van der Waals surface area contributed by atoms with Crippen LogP contribution in [0.2, 0.25) is 0 Å². The van der Waals surface area contributed by atoms with Gasteiger partial charge < -0.3 is 10.6 Å². The predicted molar refractivity (Wildman–Crippen MR) is 39.0 cm³/mol. The summed E-state index contributed by atoms with van der Waals surface area (Å²) in [7, 11) is 1.68. The number of H-pyrrole nitrogens is 1. The second-order valence-electron chi connectivity index (χ2n) is 1.74. The molecule has 5 heteroatoms. The lowest BCUT2D eigenvalue weighted by Crippen LogP contribution is -2.25. The molecular weight excluding hydrogens is 130 g/mol. The van der Waals surface area contributed by atoms with E-state index in [2.05, 4.69) is 20.8 Å². The largest absolute Gasteiger partial charge is 0.359 e. The number of hydrogen-bond acceptors (Lipinski definition) is 2. The van der Waals surface area contributed by atoms with Gasteiger partial charge in [-0.25, -0.2) is 0 Å². The van der Waals surface area contributed by atoms with E-state index >= 15 is 0 Å². The molecule has 0 atom stereocenters. The Hall–Kier alpha value is -1.52. The lowest BCUT2D eigenvalue weighted by Gasteiger charge is -2.01. The van der Waals surface area contributed by atoms with Crippen LogP contribution in [0, 0.1) is 5.41 Å². The summed E-state index contributed by atoms with van der Waals surface area (Å²) in [6.07, 6.45) is 3.28. The summed E-state index contributed by atoms with van der Waals surface area (Å²) in [6.45, 7) is 0. The smallest absolute Gasteiger partial charge is 0.192 e. The Morgan fingerprint density at radius 1 is 1.80 bits per heavy atom. The molecule has 0 aliphatic carbocycles. The molecule has 0 unspecified atom stereocenters. The molecule has 0 aliphatic rings. The molecule has 10 heavy (non-hydrogen) atoms. The van der Waals surface area contributed by atoms with Crippen molar-refractivity contribution in [1.82, 2.24) is 15.5 Å². The average Bonchev–Trinajstić information content (AvgIpc) is 2.40. The third-order valence-electron chi connectivity index (χ3n) is 1.02. The van der Waals surface area contributed by atoms with E-state index in [4.69, 9.17) is 5.41 Å². The van der Waals surface area contributed by atoms with Crippen molar-refractivity contribution in [1.29, 1.82) is 5.41 Å². The number of aromatic amines is 1. The number of guanidine groups is 1. The Morgan fingerprint density at radius 2 is 2.60 bits per heavy atom. The number of aromatic nitrogens is 2. The molecule has 5 nitrogen and oxygen atoms in total. The lowest BCUT2D eigenvalue weighted by molar-refractivity contribution is 1.09. The number of nitrogens with zero attached hydrogens (tertiary/aromatic N) is 1. The molecule has 0 saturated carbocycles. The van der Waals surface area contributed by atoms with E-state index in [9.17, 15) is 0 Å². The summed E-state index contributed by atoms with van der Waals surface area (Å²) in [5.74, 6) is 0.251. The fourth-order valence-electron chi connectivity index (χ4n) is 0.526. The predicted octanol–water partition coefficient (Wildman–Crippen LogP) is -0.0242. The molecule has 54 valence electrons. The van der Waals surface area contributed by atoms with Gasteiger partial charge in [0, 0.05) is 13.2 Å². The van der Waals surface area contributed by atoms with Crippen LogP contribution in [-0.2, 0) is 0 Å². The van der Waals surface area contributed by atoms with Gasteiger partial charge in [-0.3, -0.25) is 10.5 Å². The first-order valence-electron chi connectivity index (χ1n) is 2.85. The highest BCUT2D eigenvalue weighted by Gasteiger charge is 1.92. The maximum absolute atomic E-state index is 7.15. The highest BCUT2D eigenvalue weighted by molar-refractivity contribution is 5.90. The topological polar surface area (TPSA) is 76.6 Å². The number of hydrogen-bond donors (Lipinski definition) is 4. The van der Waals surface area contributed by atoms with Crippen molar-refractivity contribution >= 4 is 11.6 Å². The van der Waals surface area contributed by atoms with Gasteiger partial charge in [0.05, 0.1) is 11.9 Å². The van der Waals surface area contributed by atoms with Crippen LogP contribution >= 0.6 is 0 Å². The normalized spacial score (nSPS) is 8.90. The van der Waals surface area contributed by atoms with Gasteiger partial charge in [0.15, 0.2) is 5.96 Å². The second-order valence-corrected chi connectivity index (χ2v) is 1.74. The van der Waals surface area contributed by atoms with Crippen molar-refractivity contribution in [3.63, 3.8) is 0 Å². The fourth-order valence-corrected chi connectivity index (χ4v) is 0.526. The van der Waals surface area contributed by atoms with Gasteiger partial charge in [-0.15, -0.1) is 0 Å². The number of nitrogens with one attached hydrogen (secondary N) is 4. The molecule has 0 aliphatic heterocycles. The van der Waals surface area contributed by atoms with Crippen LogP contribution in [-0.4, -0.2) is 23.2 Å². The SMILES string of the molecule is CNC(=N)Nc1cn[nH]c1. The first-order valence-corrected chi connectivity index (χ1v) is 2.85. The van der Waals surface area contributed by atoms with Gasteiger partial charge in [-0.2, -0.15) is 5.10 Å². The first-order chi connectivity index (χ1) is 4.83. The molecule has 0 fully saturated rings. The summed E-state index contributed by atoms with van der Waals surface area (Å²) in [5.41, 5.74) is 0.777. The molecule has 0 spiro atoms. The van der Waals surface area contributed by atoms with Gasteiger partial charge >= 0.3 is 0 Å². The van der Waals surface area contributed by atoms with Crippen molar-refractivity contribution < 1.29 is 0 Å². The van der Waals surface area contributed by atoms with Crippen LogP contribution in [0.3, 0.4) is 0 Å². The molecule has 0 aromatic carbocycles. The van der Waals surface area contributed by atoms with Gasteiger partial charge in [0.2, 0.25) is 0 Å². The van der Waals surface area contributed by atoms with Crippen molar-refractivity contribution in [2.24, 2.45) is 0 Å². The van der Waals surface area contributed by atoms with Crippen LogP contribution < -0.4 is 10.6 Å². The van der Waals surface area contributed by atoms with E-state index in [1.165, 1.54) is 0 Å². The van der Waals surface area contributed by atoms with E-state index < -0.39 is 0 Å². The maximum atomic E-state index is 7.15. The molecular formula is C5H9N5. The molecule has 0 radical (unpaired) electrons. The summed E-state index contributed by atoms with van der Waals surface area (Å²) in [5, 5.41) is 18.9. The second kappa shape index (κ2) is 2.86. The van der Waals surface area contributed by atoms with Crippen molar-refractivity contribution in [2.75, 3.05) is 12.4 Å². The van der Waals surface area contributed by atoms with Gasteiger partial charge in [0.1, 0.15) is 0 Å². The molecule has 1 heterocycles. The van der Waals surface area contributed by atoms with E-state index in [1.54, 1.807) is 19.4 Å². The summed E-state index contributed by atoms with van der Waals surface area (Å²) in [6, 6.07) is 0. The van der Waals surface area contributed by atoms with Crippen molar-refractivity contribution in [3.8, 4) is 0 Å². The molecule has 0 amide bonds. The molecule has 0 bridgehead atoms. The van der Waals surface area contributed by atoms with Crippen LogP contribution in [0.4, 0.5) is 5.69 Å². The van der Waals surface area contributed by atoms with Gasteiger partial charge in [-0.1, -0.05) is 0 Å². The summed E-state index contributed by atoms with van der Waals surface area (Å²) >= 11 is 0. The standard InChI is InChI=1S/C5H9N5/c1-7-5(6)10-4-2-8-9-3-4/h2-3H,1H3,(H,8,9)(H3,6,7,10). The Labute approximate surface area is 58.3 Å². The summed E-state index contributed by atoms with van der Waals surface area (Å²) < 4.78 is 0. The quantitative estimate of drug-likeness (QED) is 0.326. The highest BCUT2D eigenvalue weighted by atomic mass is 15.2. The van der Waals surface area contributed by atoms with Crippen LogP contribution in [0.5, 0.6) is 0 Å².